The Morgan fingerprint density at radius 2 is 1.14 bits per heavy atom. The van der Waals surface area contributed by atoms with Crippen molar-refractivity contribution in [2.75, 3.05) is 68.6 Å². The molecule has 0 aromatic carbocycles. The maximum Gasteiger partial charge on any atom is 0.101 e. The lowest BCUT2D eigenvalue weighted by molar-refractivity contribution is -0.870. The lowest BCUT2D eigenvalue weighted by Gasteiger charge is -2.21. The second kappa shape index (κ2) is 14.5. The average Bonchev–Trinajstić information content (AvgIpc) is 2.15. The number of rotatable bonds is 5. The number of carboxylic acids is 1. The van der Waals surface area contributed by atoms with Gasteiger partial charge in [-0.1, -0.05) is 0 Å². The van der Waals surface area contributed by atoms with Crippen LogP contribution in [0.1, 0.15) is 6.92 Å². The molecule has 0 amide bonds. The molecular formula is C13H33ClN2O5. The molecule has 1 unspecified atom stereocenters. The number of quaternary nitrogens is 2. The minimum absolute atomic E-state index is 0. The van der Waals surface area contributed by atoms with Crippen LogP contribution in [0, 0.1) is 0 Å². The summed E-state index contributed by atoms with van der Waals surface area (Å²) in [7, 11) is 12.3. The molecule has 8 heteroatoms. The predicted octanol–water partition coefficient (Wildman–Crippen LogP) is -5.51. The summed E-state index contributed by atoms with van der Waals surface area (Å²) in [6.45, 7) is 3.36. The van der Waals surface area contributed by atoms with Crippen molar-refractivity contribution in [2.45, 2.75) is 13.0 Å². The molecule has 0 saturated heterocycles. The van der Waals surface area contributed by atoms with Gasteiger partial charge in [0.1, 0.15) is 13.1 Å². The van der Waals surface area contributed by atoms with Gasteiger partial charge in [-0.3, -0.25) is 0 Å². The fourth-order valence-electron chi connectivity index (χ4n) is 0.600. The standard InChI is InChI=1S/2C5H14NO.C3H6O3.ClH/c2*1-6(2,3)4-5-7;1-2(4)3(5)6;/h2*7H,4-5H2,1-3H3;2,4H,1H3,(H,5,6);1H/q2*+1;;/p-2. The Balaban J connectivity index is -0.000000101. The third-order valence-electron chi connectivity index (χ3n) is 1.88. The van der Waals surface area contributed by atoms with Gasteiger partial charge in [-0.05, 0) is 6.92 Å². The zero-order valence-electron chi connectivity index (χ0n) is 14.3. The van der Waals surface area contributed by atoms with E-state index in [1.807, 2.05) is 0 Å². The van der Waals surface area contributed by atoms with Gasteiger partial charge in [0.2, 0.25) is 0 Å². The topological polar surface area (TPSA) is 101 Å². The molecule has 0 aromatic heterocycles. The molecule has 0 aliphatic rings. The van der Waals surface area contributed by atoms with Crippen LogP contribution in [-0.4, -0.2) is 105 Å². The van der Waals surface area contributed by atoms with E-state index in [9.17, 15) is 9.90 Å². The summed E-state index contributed by atoms with van der Waals surface area (Å²) in [6, 6.07) is 0. The van der Waals surface area contributed by atoms with Gasteiger partial charge in [0, 0.05) is 0 Å². The van der Waals surface area contributed by atoms with Crippen molar-refractivity contribution >= 4 is 5.97 Å². The molecule has 21 heavy (non-hydrogen) atoms. The van der Waals surface area contributed by atoms with Crippen LogP contribution in [0.2, 0.25) is 0 Å². The molecule has 0 fully saturated rings. The van der Waals surface area contributed by atoms with Crippen LogP contribution in [0.5, 0.6) is 0 Å². The third-order valence-corrected chi connectivity index (χ3v) is 1.88. The zero-order valence-corrected chi connectivity index (χ0v) is 15.1. The van der Waals surface area contributed by atoms with Crippen LogP contribution in [0.3, 0.4) is 0 Å². The average molecular weight is 333 g/mol. The van der Waals surface area contributed by atoms with E-state index < -0.39 is 12.1 Å². The lowest BCUT2D eigenvalue weighted by atomic mass is 10.4. The number of carbonyl (C=O) groups excluding carboxylic acids is 1. The van der Waals surface area contributed by atoms with Gasteiger partial charge >= 0.3 is 0 Å². The van der Waals surface area contributed by atoms with Crippen LogP contribution >= 0.6 is 0 Å². The maximum absolute atomic E-state index is 9.34. The van der Waals surface area contributed by atoms with Gasteiger partial charge in [0.05, 0.1) is 67.6 Å². The number of aliphatic carboxylic acids is 1. The Labute approximate surface area is 135 Å². The number of aliphatic hydroxyl groups is 3. The molecule has 1 atom stereocenters. The molecule has 0 saturated carbocycles. The van der Waals surface area contributed by atoms with Gasteiger partial charge in [-0.2, -0.15) is 0 Å². The molecule has 132 valence electrons. The van der Waals surface area contributed by atoms with Crippen LogP contribution in [0.15, 0.2) is 0 Å². The number of hydrogen-bond acceptors (Lipinski definition) is 5. The Bertz CT molecular complexity index is 222. The Hall–Kier alpha value is -0.440. The highest BCUT2D eigenvalue weighted by molar-refractivity contribution is 5.68. The molecule has 0 aromatic rings. The largest absolute Gasteiger partial charge is 1.00 e. The fraction of sp³-hybridized carbons (Fsp3) is 0.923. The van der Waals surface area contributed by atoms with E-state index in [1.54, 1.807) is 0 Å². The van der Waals surface area contributed by atoms with Crippen LogP contribution < -0.4 is 17.5 Å². The van der Waals surface area contributed by atoms with Gasteiger partial charge in [0.25, 0.3) is 0 Å². The third kappa shape index (κ3) is 45.1. The lowest BCUT2D eigenvalue weighted by Crippen LogP contribution is -3.00. The second-order valence-corrected chi connectivity index (χ2v) is 6.47. The Kier molecular flexibility index (Phi) is 19.8. The number of likely N-dealkylation sites (N-methyl/N-ethyl adjacent to an activating group) is 2. The molecule has 7 nitrogen and oxygen atoms in total. The number of carbonyl (C=O) groups is 1. The Morgan fingerprint density at radius 1 is 0.952 bits per heavy atom. The molecule has 0 heterocycles. The number of halogens is 1. The van der Waals surface area contributed by atoms with Gasteiger partial charge in [-0.15, -0.1) is 0 Å². The summed E-state index contributed by atoms with van der Waals surface area (Å²) in [5.41, 5.74) is 0. The number of aliphatic hydroxyl groups excluding tert-OH is 3. The van der Waals surface area contributed by atoms with Crippen LogP contribution in [0.4, 0.5) is 0 Å². The minimum atomic E-state index is -1.44. The van der Waals surface area contributed by atoms with Crippen molar-refractivity contribution in [3.05, 3.63) is 0 Å². The number of carboxylic acid groups (broad SMARTS) is 1. The van der Waals surface area contributed by atoms with E-state index in [4.69, 9.17) is 15.3 Å². The highest BCUT2D eigenvalue weighted by Gasteiger charge is 2.02. The molecule has 0 rings (SSSR count). The molecule has 3 N–H and O–H groups in total. The summed E-state index contributed by atoms with van der Waals surface area (Å²) < 4.78 is 1.69. The molecule has 0 aliphatic carbocycles. The van der Waals surface area contributed by atoms with Crippen molar-refractivity contribution < 1.29 is 46.6 Å². The highest BCUT2D eigenvalue weighted by Crippen LogP contribution is 1.85. The van der Waals surface area contributed by atoms with Crippen molar-refractivity contribution in [1.82, 2.24) is 0 Å². The van der Waals surface area contributed by atoms with Gasteiger partial charge in [-0.25, -0.2) is 0 Å². The van der Waals surface area contributed by atoms with Gasteiger partial charge < -0.3 is 46.6 Å². The van der Waals surface area contributed by atoms with Crippen LogP contribution in [0.25, 0.3) is 0 Å². The summed E-state index contributed by atoms with van der Waals surface area (Å²) in [5, 5.41) is 34.1. The minimum Gasteiger partial charge on any atom is -1.00 e. The van der Waals surface area contributed by atoms with E-state index in [1.165, 1.54) is 0 Å². The number of nitrogens with zero attached hydrogens (tertiary/aromatic N) is 2. The first kappa shape index (κ1) is 28.7. The first-order valence-electron chi connectivity index (χ1n) is 6.48. The molecule has 0 bridgehead atoms. The Morgan fingerprint density at radius 3 is 1.14 bits per heavy atom. The van der Waals surface area contributed by atoms with E-state index in [2.05, 4.69) is 42.3 Å². The summed E-state index contributed by atoms with van der Waals surface area (Å²) in [5.74, 6) is -1.44. The van der Waals surface area contributed by atoms with Crippen molar-refractivity contribution in [1.29, 1.82) is 0 Å². The van der Waals surface area contributed by atoms with E-state index in [-0.39, 0.29) is 25.6 Å². The quantitative estimate of drug-likeness (QED) is 0.436. The van der Waals surface area contributed by atoms with E-state index >= 15 is 0 Å². The number of hydrogen-bond donors (Lipinski definition) is 3. The smallest absolute Gasteiger partial charge is 0.101 e. The van der Waals surface area contributed by atoms with Crippen LogP contribution in [-0.2, 0) is 4.79 Å². The molecule has 0 radical (unpaired) electrons. The van der Waals surface area contributed by atoms with E-state index in [0.717, 1.165) is 29.0 Å². The first-order chi connectivity index (χ1) is 8.76. The first-order valence-corrected chi connectivity index (χ1v) is 6.48. The van der Waals surface area contributed by atoms with Crippen molar-refractivity contribution in [3.63, 3.8) is 0 Å². The molecule has 0 spiro atoms. The summed E-state index contributed by atoms with van der Waals surface area (Å²) in [6.07, 6.45) is -1.34. The second-order valence-electron chi connectivity index (χ2n) is 6.47. The van der Waals surface area contributed by atoms with E-state index in [0.29, 0.717) is 0 Å². The molecular weight excluding hydrogens is 300 g/mol. The highest BCUT2D eigenvalue weighted by atomic mass is 35.5. The maximum atomic E-state index is 9.34. The zero-order chi connectivity index (χ0) is 17.0. The SMILES string of the molecule is CC(O)C(=O)[O-].C[N+](C)(C)CCO.C[N+](C)(C)CCO.[Cl-]. The predicted molar refractivity (Wildman–Crippen MR) is 76.7 cm³/mol. The van der Waals surface area contributed by atoms with Gasteiger partial charge in [0.15, 0.2) is 0 Å². The van der Waals surface area contributed by atoms with Crippen molar-refractivity contribution in [2.24, 2.45) is 0 Å². The summed E-state index contributed by atoms with van der Waals surface area (Å²) in [4.78, 5) is 9.34. The fourth-order valence-corrected chi connectivity index (χ4v) is 0.600. The summed E-state index contributed by atoms with van der Waals surface area (Å²) >= 11 is 0. The van der Waals surface area contributed by atoms with Crippen molar-refractivity contribution in [3.8, 4) is 0 Å². The monoisotopic (exact) mass is 332 g/mol. The molecule has 0 aliphatic heterocycles. The normalized spacial score (nSPS) is 11.9.